The van der Waals surface area contributed by atoms with Gasteiger partial charge in [0, 0.05) is 25.7 Å². The first-order valence-electron chi connectivity index (χ1n) is 5.72. The number of amides is 2. The summed E-state index contributed by atoms with van der Waals surface area (Å²) in [5.41, 5.74) is 0. The van der Waals surface area contributed by atoms with Gasteiger partial charge in [0.05, 0.1) is 6.42 Å². The van der Waals surface area contributed by atoms with Crippen LogP contribution in [0, 0.1) is 0 Å². The summed E-state index contributed by atoms with van der Waals surface area (Å²) in [6.07, 6.45) is 2.12. The minimum absolute atomic E-state index is 0.00190. The van der Waals surface area contributed by atoms with Crippen LogP contribution in [0.25, 0.3) is 0 Å². The van der Waals surface area contributed by atoms with Crippen LogP contribution >= 0.6 is 0 Å². The number of carboxylic acids is 1. The van der Waals surface area contributed by atoms with Crippen molar-refractivity contribution in [2.24, 2.45) is 0 Å². The van der Waals surface area contributed by atoms with Crippen LogP contribution in [0.3, 0.4) is 0 Å². The number of carbonyl (C=O) groups excluding carboxylic acids is 1. The molecular weight excluding hydrogens is 208 g/mol. The van der Waals surface area contributed by atoms with E-state index in [0.717, 1.165) is 12.8 Å². The highest BCUT2D eigenvalue weighted by Gasteiger charge is 2.33. The van der Waals surface area contributed by atoms with Crippen LogP contribution in [0.2, 0.25) is 0 Å². The van der Waals surface area contributed by atoms with Crippen LogP contribution in [-0.4, -0.2) is 52.6 Å². The maximum absolute atomic E-state index is 12.0. The third kappa shape index (κ3) is 3.12. The third-order valence-electron chi connectivity index (χ3n) is 2.98. The zero-order valence-electron chi connectivity index (χ0n) is 10.1. The summed E-state index contributed by atoms with van der Waals surface area (Å²) in [5.74, 6) is -0.868. The predicted octanol–water partition coefficient (Wildman–Crippen LogP) is 1.39. The van der Waals surface area contributed by atoms with Crippen LogP contribution in [0.5, 0.6) is 0 Å². The van der Waals surface area contributed by atoms with Gasteiger partial charge >= 0.3 is 12.0 Å². The molecule has 1 aliphatic rings. The molecule has 0 aromatic heterocycles. The maximum Gasteiger partial charge on any atom is 0.320 e. The molecule has 0 saturated heterocycles. The Morgan fingerprint density at radius 2 is 2.00 bits per heavy atom. The maximum atomic E-state index is 12.0. The van der Waals surface area contributed by atoms with E-state index in [9.17, 15) is 9.59 Å². The molecule has 92 valence electrons. The Balaban J connectivity index is 2.57. The van der Waals surface area contributed by atoms with Crippen LogP contribution in [0.4, 0.5) is 4.79 Å². The van der Waals surface area contributed by atoms with Gasteiger partial charge in [-0.15, -0.1) is 0 Å². The quantitative estimate of drug-likeness (QED) is 0.773. The summed E-state index contributed by atoms with van der Waals surface area (Å²) in [6.45, 7) is 4.19. The summed E-state index contributed by atoms with van der Waals surface area (Å²) in [7, 11) is 1.79. The van der Waals surface area contributed by atoms with E-state index >= 15 is 0 Å². The fourth-order valence-corrected chi connectivity index (χ4v) is 1.82. The Hall–Kier alpha value is -1.26. The van der Waals surface area contributed by atoms with Gasteiger partial charge in [-0.1, -0.05) is 0 Å². The zero-order chi connectivity index (χ0) is 12.3. The molecule has 1 N–H and O–H groups in total. The summed E-state index contributed by atoms with van der Waals surface area (Å²) >= 11 is 0. The van der Waals surface area contributed by atoms with Crippen molar-refractivity contribution in [1.82, 2.24) is 9.80 Å². The number of carboxylic acid groups (broad SMARTS) is 1. The van der Waals surface area contributed by atoms with Gasteiger partial charge in [-0.2, -0.15) is 0 Å². The molecule has 5 nitrogen and oxygen atoms in total. The van der Waals surface area contributed by atoms with E-state index in [4.69, 9.17) is 5.11 Å². The van der Waals surface area contributed by atoms with E-state index in [0.29, 0.717) is 12.6 Å². The highest BCUT2D eigenvalue weighted by molar-refractivity contribution is 5.76. The second-order valence-corrected chi connectivity index (χ2v) is 4.36. The summed E-state index contributed by atoms with van der Waals surface area (Å²) in [5, 5.41) is 8.72. The molecule has 0 aromatic carbocycles. The average Bonchev–Trinajstić information content (AvgIpc) is 2.99. The van der Waals surface area contributed by atoms with Crippen molar-refractivity contribution in [2.45, 2.75) is 45.2 Å². The predicted molar refractivity (Wildman–Crippen MR) is 60.3 cm³/mol. The van der Waals surface area contributed by atoms with Crippen molar-refractivity contribution < 1.29 is 14.7 Å². The Morgan fingerprint density at radius 1 is 1.44 bits per heavy atom. The average molecular weight is 228 g/mol. The summed E-state index contributed by atoms with van der Waals surface area (Å²) in [6, 6.07) is 0.0496. The third-order valence-corrected chi connectivity index (χ3v) is 2.98. The van der Waals surface area contributed by atoms with E-state index < -0.39 is 5.97 Å². The Labute approximate surface area is 96.0 Å². The molecule has 16 heavy (non-hydrogen) atoms. The number of urea groups is 1. The van der Waals surface area contributed by atoms with Gasteiger partial charge in [-0.25, -0.2) is 4.79 Å². The first-order chi connectivity index (χ1) is 7.47. The van der Waals surface area contributed by atoms with Gasteiger partial charge in [-0.05, 0) is 26.7 Å². The fraction of sp³-hybridized carbons (Fsp3) is 0.818. The first-order valence-corrected chi connectivity index (χ1v) is 5.72. The van der Waals surface area contributed by atoms with Gasteiger partial charge in [0.1, 0.15) is 0 Å². The topological polar surface area (TPSA) is 60.9 Å². The molecule has 0 aliphatic heterocycles. The molecule has 5 heteroatoms. The molecule has 1 saturated carbocycles. The van der Waals surface area contributed by atoms with Gasteiger partial charge in [0.2, 0.25) is 0 Å². The molecule has 0 aromatic rings. The van der Waals surface area contributed by atoms with Crippen molar-refractivity contribution in [3.8, 4) is 0 Å². The lowest BCUT2D eigenvalue weighted by molar-refractivity contribution is -0.138. The Bertz CT molecular complexity index is 276. The molecule has 1 unspecified atom stereocenters. The largest absolute Gasteiger partial charge is 0.481 e. The molecular formula is C11H20N2O3. The molecule has 0 radical (unpaired) electrons. The van der Waals surface area contributed by atoms with Crippen LogP contribution in [0.1, 0.15) is 33.1 Å². The van der Waals surface area contributed by atoms with Crippen molar-refractivity contribution >= 4 is 12.0 Å². The lowest BCUT2D eigenvalue weighted by Crippen LogP contribution is -2.47. The van der Waals surface area contributed by atoms with E-state index in [1.807, 2.05) is 6.92 Å². The molecule has 0 heterocycles. The minimum atomic E-state index is -0.868. The number of nitrogens with zero attached hydrogens (tertiary/aromatic N) is 2. The molecule has 0 bridgehead atoms. The first kappa shape index (κ1) is 12.8. The molecule has 0 spiro atoms. The summed E-state index contributed by atoms with van der Waals surface area (Å²) < 4.78 is 0. The number of hydrogen-bond acceptors (Lipinski definition) is 2. The number of carbonyl (C=O) groups is 2. The zero-order valence-corrected chi connectivity index (χ0v) is 10.1. The monoisotopic (exact) mass is 228 g/mol. The van der Waals surface area contributed by atoms with Gasteiger partial charge in [0.25, 0.3) is 0 Å². The molecule has 1 atom stereocenters. The van der Waals surface area contributed by atoms with Crippen LogP contribution in [-0.2, 0) is 4.79 Å². The normalized spacial score (nSPS) is 16.7. The van der Waals surface area contributed by atoms with Crippen molar-refractivity contribution in [3.05, 3.63) is 0 Å². The van der Waals surface area contributed by atoms with Crippen LogP contribution < -0.4 is 0 Å². The fourth-order valence-electron chi connectivity index (χ4n) is 1.82. The van der Waals surface area contributed by atoms with Crippen LogP contribution in [0.15, 0.2) is 0 Å². The van der Waals surface area contributed by atoms with Crippen molar-refractivity contribution in [3.63, 3.8) is 0 Å². The Morgan fingerprint density at radius 3 is 2.38 bits per heavy atom. The number of rotatable bonds is 5. The SMILES string of the molecule is CCN(C(=O)N(C)C1CC1)C(C)CC(=O)O. The van der Waals surface area contributed by atoms with E-state index in [-0.39, 0.29) is 18.5 Å². The van der Waals surface area contributed by atoms with Gasteiger partial charge < -0.3 is 14.9 Å². The highest BCUT2D eigenvalue weighted by atomic mass is 16.4. The van der Waals surface area contributed by atoms with Crippen molar-refractivity contribution in [1.29, 1.82) is 0 Å². The van der Waals surface area contributed by atoms with Crippen molar-refractivity contribution in [2.75, 3.05) is 13.6 Å². The van der Waals surface area contributed by atoms with Gasteiger partial charge in [-0.3, -0.25) is 4.79 Å². The molecule has 1 rings (SSSR count). The molecule has 1 fully saturated rings. The minimum Gasteiger partial charge on any atom is -0.481 e. The van der Waals surface area contributed by atoms with Gasteiger partial charge in [0.15, 0.2) is 0 Å². The van der Waals surface area contributed by atoms with E-state index in [1.54, 1.807) is 23.8 Å². The van der Waals surface area contributed by atoms with E-state index in [1.165, 1.54) is 0 Å². The standard InChI is InChI=1S/C11H20N2O3/c1-4-13(8(2)7-10(14)15)11(16)12(3)9-5-6-9/h8-9H,4-7H2,1-3H3,(H,14,15). The lowest BCUT2D eigenvalue weighted by Gasteiger charge is -2.31. The number of hydrogen-bond donors (Lipinski definition) is 1. The number of aliphatic carboxylic acids is 1. The Kier molecular flexibility index (Phi) is 4.15. The van der Waals surface area contributed by atoms with E-state index in [2.05, 4.69) is 0 Å². The second kappa shape index (κ2) is 5.18. The molecule has 2 amide bonds. The summed E-state index contributed by atoms with van der Waals surface area (Å²) in [4.78, 5) is 26.0. The molecule has 1 aliphatic carbocycles. The highest BCUT2D eigenvalue weighted by Crippen LogP contribution is 2.26. The smallest absolute Gasteiger partial charge is 0.320 e. The lowest BCUT2D eigenvalue weighted by atomic mass is 10.2. The second-order valence-electron chi connectivity index (χ2n) is 4.36.